The quantitative estimate of drug-likeness (QED) is 0.844. The number of amides is 3. The molecular weight excluding hydrogens is 320 g/mol. The summed E-state index contributed by atoms with van der Waals surface area (Å²) in [5.41, 5.74) is 1.50. The first kappa shape index (κ1) is 17.1. The smallest absolute Gasteiger partial charge is 0.325 e. The molecule has 0 spiro atoms. The second kappa shape index (κ2) is 6.31. The van der Waals surface area contributed by atoms with Gasteiger partial charge in [-0.3, -0.25) is 9.69 Å². The molecule has 1 aliphatic heterocycles. The lowest BCUT2D eigenvalue weighted by Crippen LogP contribution is -2.40. The maximum absolute atomic E-state index is 12.2. The van der Waals surface area contributed by atoms with E-state index in [2.05, 4.69) is 46.6 Å². The average molecular weight is 342 g/mol. The number of aryl methyl sites for hydroxylation is 1. The molecule has 0 radical (unpaired) electrons. The van der Waals surface area contributed by atoms with Crippen molar-refractivity contribution in [2.24, 2.45) is 0 Å². The van der Waals surface area contributed by atoms with Gasteiger partial charge in [-0.25, -0.2) is 4.79 Å². The standard InChI is InChI=1S/C18H22N4O3/c1-11-5-7-13(8-6-11)9-12(2)15-19-14(21-25-15)10-22-16(23)18(3,4)20-17(22)24/h5-8,12H,9-10H2,1-4H3,(H,20,24). The molecule has 3 rings (SSSR count). The minimum Gasteiger partial charge on any atom is -0.339 e. The molecule has 0 saturated carbocycles. The first-order valence-electron chi connectivity index (χ1n) is 8.28. The zero-order valence-corrected chi connectivity index (χ0v) is 14.9. The number of nitrogens with zero attached hydrogens (tertiary/aromatic N) is 3. The number of rotatable bonds is 5. The van der Waals surface area contributed by atoms with Crippen LogP contribution in [0.4, 0.5) is 4.79 Å². The summed E-state index contributed by atoms with van der Waals surface area (Å²) in [6.45, 7) is 7.40. The fraction of sp³-hybridized carbons (Fsp3) is 0.444. The molecule has 7 nitrogen and oxygen atoms in total. The van der Waals surface area contributed by atoms with Crippen molar-refractivity contribution >= 4 is 11.9 Å². The number of hydrogen-bond acceptors (Lipinski definition) is 5. The van der Waals surface area contributed by atoms with E-state index < -0.39 is 11.6 Å². The molecular formula is C18H22N4O3. The van der Waals surface area contributed by atoms with Crippen LogP contribution in [0.25, 0.3) is 0 Å². The number of benzene rings is 1. The molecule has 1 aromatic heterocycles. The molecule has 3 amide bonds. The normalized spacial score (nSPS) is 17.7. The van der Waals surface area contributed by atoms with Crippen LogP contribution in [0.3, 0.4) is 0 Å². The van der Waals surface area contributed by atoms with Crippen LogP contribution in [0.15, 0.2) is 28.8 Å². The van der Waals surface area contributed by atoms with E-state index in [0.717, 1.165) is 11.3 Å². The van der Waals surface area contributed by atoms with Gasteiger partial charge in [0.25, 0.3) is 5.91 Å². The molecule has 1 atom stereocenters. The van der Waals surface area contributed by atoms with Gasteiger partial charge in [-0.1, -0.05) is 41.9 Å². The highest BCUT2D eigenvalue weighted by Crippen LogP contribution is 2.21. The predicted octanol–water partition coefficient (Wildman–Crippen LogP) is 2.55. The van der Waals surface area contributed by atoms with Gasteiger partial charge in [-0.15, -0.1) is 0 Å². The summed E-state index contributed by atoms with van der Waals surface area (Å²) in [7, 11) is 0. The van der Waals surface area contributed by atoms with Crippen molar-refractivity contribution in [3.63, 3.8) is 0 Å². The van der Waals surface area contributed by atoms with E-state index in [9.17, 15) is 9.59 Å². The number of imide groups is 1. The summed E-state index contributed by atoms with van der Waals surface area (Å²) in [4.78, 5) is 29.6. The fourth-order valence-corrected chi connectivity index (χ4v) is 2.80. The molecule has 2 aromatic rings. The minimum atomic E-state index is -0.900. The van der Waals surface area contributed by atoms with E-state index in [1.807, 2.05) is 6.92 Å². The average Bonchev–Trinajstić information content (AvgIpc) is 3.08. The Morgan fingerprint density at radius 3 is 2.52 bits per heavy atom. The Morgan fingerprint density at radius 1 is 1.24 bits per heavy atom. The Hall–Kier alpha value is -2.70. The lowest BCUT2D eigenvalue weighted by atomic mass is 10.0. The molecule has 7 heteroatoms. The van der Waals surface area contributed by atoms with Gasteiger partial charge in [0.15, 0.2) is 5.82 Å². The van der Waals surface area contributed by atoms with E-state index in [1.165, 1.54) is 11.1 Å². The zero-order chi connectivity index (χ0) is 18.2. The first-order chi connectivity index (χ1) is 11.8. The Bertz CT molecular complexity index is 795. The minimum absolute atomic E-state index is 0.00878. The summed E-state index contributed by atoms with van der Waals surface area (Å²) in [6, 6.07) is 7.87. The summed E-state index contributed by atoms with van der Waals surface area (Å²) < 4.78 is 5.32. The van der Waals surface area contributed by atoms with Gasteiger partial charge < -0.3 is 9.84 Å². The van der Waals surface area contributed by atoms with E-state index in [-0.39, 0.29) is 18.4 Å². The van der Waals surface area contributed by atoms with Crippen LogP contribution in [-0.2, 0) is 17.8 Å². The van der Waals surface area contributed by atoms with E-state index in [4.69, 9.17) is 4.52 Å². The largest absolute Gasteiger partial charge is 0.339 e. The number of hydrogen-bond donors (Lipinski definition) is 1. The summed E-state index contributed by atoms with van der Waals surface area (Å²) >= 11 is 0. The highest BCUT2D eigenvalue weighted by molar-refractivity contribution is 6.06. The van der Waals surface area contributed by atoms with Crippen molar-refractivity contribution in [2.75, 3.05) is 0 Å². The van der Waals surface area contributed by atoms with Gasteiger partial charge in [0.05, 0.1) is 6.54 Å². The second-order valence-corrected chi connectivity index (χ2v) is 7.09. The molecule has 1 unspecified atom stereocenters. The van der Waals surface area contributed by atoms with Crippen molar-refractivity contribution in [3.05, 3.63) is 47.1 Å². The van der Waals surface area contributed by atoms with Crippen molar-refractivity contribution in [2.45, 2.75) is 52.1 Å². The van der Waals surface area contributed by atoms with Crippen molar-refractivity contribution in [1.82, 2.24) is 20.4 Å². The highest BCUT2D eigenvalue weighted by atomic mass is 16.5. The summed E-state index contributed by atoms with van der Waals surface area (Å²) in [6.07, 6.45) is 0.776. The Labute approximate surface area is 146 Å². The third-order valence-electron chi connectivity index (χ3n) is 4.31. The molecule has 2 heterocycles. The number of urea groups is 1. The monoisotopic (exact) mass is 342 g/mol. The molecule has 1 fully saturated rings. The maximum Gasteiger partial charge on any atom is 0.325 e. The summed E-state index contributed by atoms with van der Waals surface area (Å²) in [5.74, 6) is 0.578. The van der Waals surface area contributed by atoms with Crippen LogP contribution in [-0.4, -0.2) is 32.5 Å². The number of aromatic nitrogens is 2. The number of nitrogens with one attached hydrogen (secondary N) is 1. The third kappa shape index (κ3) is 3.55. The van der Waals surface area contributed by atoms with Crippen molar-refractivity contribution in [1.29, 1.82) is 0 Å². The molecule has 1 N–H and O–H groups in total. The maximum atomic E-state index is 12.2. The van der Waals surface area contributed by atoms with Gasteiger partial charge in [0, 0.05) is 5.92 Å². The Kier molecular flexibility index (Phi) is 4.32. The topological polar surface area (TPSA) is 88.3 Å². The van der Waals surface area contributed by atoms with Gasteiger partial charge in [-0.05, 0) is 32.8 Å². The highest BCUT2D eigenvalue weighted by Gasteiger charge is 2.44. The SMILES string of the molecule is Cc1ccc(CC(C)c2nc(CN3C(=O)NC(C)(C)C3=O)no2)cc1. The third-order valence-corrected chi connectivity index (χ3v) is 4.31. The van der Waals surface area contributed by atoms with Crippen molar-refractivity contribution < 1.29 is 14.1 Å². The lowest BCUT2D eigenvalue weighted by molar-refractivity contribution is -0.130. The molecule has 25 heavy (non-hydrogen) atoms. The van der Waals surface area contributed by atoms with Gasteiger partial charge in [0.2, 0.25) is 5.89 Å². The number of carbonyl (C=O) groups excluding carboxylic acids is 2. The van der Waals surface area contributed by atoms with E-state index in [1.54, 1.807) is 13.8 Å². The molecule has 132 valence electrons. The Balaban J connectivity index is 1.67. The molecule has 1 saturated heterocycles. The van der Waals surface area contributed by atoms with Gasteiger partial charge >= 0.3 is 6.03 Å². The van der Waals surface area contributed by atoms with Crippen LogP contribution >= 0.6 is 0 Å². The Morgan fingerprint density at radius 2 is 1.92 bits per heavy atom. The fourth-order valence-electron chi connectivity index (χ4n) is 2.80. The van der Waals surface area contributed by atoms with E-state index >= 15 is 0 Å². The van der Waals surface area contributed by atoms with Gasteiger partial charge in [0.1, 0.15) is 5.54 Å². The molecule has 0 bridgehead atoms. The lowest BCUT2D eigenvalue weighted by Gasteiger charge is -2.14. The molecule has 1 aliphatic rings. The van der Waals surface area contributed by atoms with Crippen LogP contribution in [0, 0.1) is 6.92 Å². The van der Waals surface area contributed by atoms with Crippen LogP contribution in [0.2, 0.25) is 0 Å². The van der Waals surface area contributed by atoms with Crippen molar-refractivity contribution in [3.8, 4) is 0 Å². The van der Waals surface area contributed by atoms with Crippen LogP contribution in [0.5, 0.6) is 0 Å². The predicted molar refractivity (Wildman–Crippen MR) is 90.8 cm³/mol. The number of carbonyl (C=O) groups is 2. The zero-order valence-electron chi connectivity index (χ0n) is 14.9. The van der Waals surface area contributed by atoms with Crippen LogP contribution in [0.1, 0.15) is 49.5 Å². The second-order valence-electron chi connectivity index (χ2n) is 7.09. The van der Waals surface area contributed by atoms with Crippen LogP contribution < -0.4 is 5.32 Å². The van der Waals surface area contributed by atoms with Gasteiger partial charge in [-0.2, -0.15) is 4.98 Å². The molecule has 0 aliphatic carbocycles. The summed E-state index contributed by atoms with van der Waals surface area (Å²) in [5, 5.41) is 6.54. The molecule has 1 aromatic carbocycles. The van der Waals surface area contributed by atoms with E-state index in [0.29, 0.717) is 11.7 Å². The first-order valence-corrected chi connectivity index (χ1v) is 8.28.